The van der Waals surface area contributed by atoms with Crippen molar-refractivity contribution in [3.8, 4) is 0 Å². The fourth-order valence-corrected chi connectivity index (χ4v) is 3.28. The summed E-state index contributed by atoms with van der Waals surface area (Å²) in [5.41, 5.74) is 0.144. The van der Waals surface area contributed by atoms with Crippen molar-refractivity contribution in [1.29, 1.82) is 0 Å². The second-order valence-corrected chi connectivity index (χ2v) is 7.34. The lowest BCUT2D eigenvalue weighted by Crippen LogP contribution is -2.48. The van der Waals surface area contributed by atoms with Gasteiger partial charge in [-0.25, -0.2) is 0 Å². The summed E-state index contributed by atoms with van der Waals surface area (Å²) in [4.78, 5) is 9.16. The Hall–Kier alpha value is -1.07. The number of piperazine rings is 1. The van der Waals surface area contributed by atoms with Gasteiger partial charge in [-0.1, -0.05) is 26.0 Å². The largest absolute Gasteiger partial charge is 0.416 e. The van der Waals surface area contributed by atoms with E-state index in [9.17, 15) is 13.2 Å². The molecule has 0 bridgehead atoms. The van der Waals surface area contributed by atoms with Gasteiger partial charge in [-0.15, -0.1) is 24.0 Å². The Labute approximate surface area is 189 Å². The molecule has 1 heterocycles. The minimum atomic E-state index is -4.30. The highest BCUT2D eigenvalue weighted by molar-refractivity contribution is 14.0. The number of nitrogens with one attached hydrogen (secondary N) is 2. The van der Waals surface area contributed by atoms with Gasteiger partial charge >= 0.3 is 6.18 Å². The van der Waals surface area contributed by atoms with Gasteiger partial charge in [-0.3, -0.25) is 4.99 Å². The van der Waals surface area contributed by atoms with E-state index in [1.165, 1.54) is 12.1 Å². The maximum absolute atomic E-state index is 12.6. The number of alkyl halides is 3. The lowest BCUT2D eigenvalue weighted by atomic mass is 10.1. The first-order valence-corrected chi connectivity index (χ1v) is 9.87. The number of likely N-dealkylation sites (N-methyl/N-ethyl adjacent to an activating group) is 1. The number of halogens is 4. The summed E-state index contributed by atoms with van der Waals surface area (Å²) in [6.07, 6.45) is -4.30. The second-order valence-electron chi connectivity index (χ2n) is 7.34. The molecule has 1 unspecified atom stereocenters. The number of hydrogen-bond acceptors (Lipinski definition) is 3. The predicted molar refractivity (Wildman–Crippen MR) is 123 cm³/mol. The van der Waals surface area contributed by atoms with Crippen LogP contribution in [-0.2, 0) is 12.7 Å². The van der Waals surface area contributed by atoms with Crippen molar-refractivity contribution in [3.63, 3.8) is 0 Å². The van der Waals surface area contributed by atoms with Gasteiger partial charge in [0, 0.05) is 52.9 Å². The minimum Gasteiger partial charge on any atom is -0.356 e. The van der Waals surface area contributed by atoms with E-state index in [4.69, 9.17) is 0 Å². The van der Waals surface area contributed by atoms with Crippen LogP contribution < -0.4 is 10.6 Å². The summed E-state index contributed by atoms with van der Waals surface area (Å²) in [5, 5.41) is 6.46. The van der Waals surface area contributed by atoms with E-state index < -0.39 is 11.7 Å². The van der Waals surface area contributed by atoms with Gasteiger partial charge in [-0.05, 0) is 30.2 Å². The number of nitrogens with zero attached hydrogens (tertiary/aromatic N) is 3. The van der Waals surface area contributed by atoms with Crippen LogP contribution in [0, 0.1) is 5.92 Å². The molecule has 29 heavy (non-hydrogen) atoms. The van der Waals surface area contributed by atoms with Crippen molar-refractivity contribution < 1.29 is 13.2 Å². The molecule has 166 valence electrons. The highest BCUT2D eigenvalue weighted by atomic mass is 127. The van der Waals surface area contributed by atoms with Crippen LogP contribution in [-0.4, -0.2) is 68.6 Å². The van der Waals surface area contributed by atoms with Crippen molar-refractivity contribution >= 4 is 29.9 Å². The normalized spacial score (nSPS) is 17.5. The molecular formula is C20H33F3IN5. The lowest BCUT2D eigenvalue weighted by molar-refractivity contribution is -0.137. The number of rotatable bonds is 7. The monoisotopic (exact) mass is 527 g/mol. The number of benzene rings is 1. The minimum absolute atomic E-state index is 0. The topological polar surface area (TPSA) is 42.9 Å². The van der Waals surface area contributed by atoms with Crippen LogP contribution in [0.1, 0.15) is 25.0 Å². The molecule has 2 rings (SSSR count). The van der Waals surface area contributed by atoms with Gasteiger partial charge < -0.3 is 20.4 Å². The first-order chi connectivity index (χ1) is 13.3. The highest BCUT2D eigenvalue weighted by Crippen LogP contribution is 2.29. The van der Waals surface area contributed by atoms with Crippen LogP contribution in [0.3, 0.4) is 0 Å². The summed E-state index contributed by atoms with van der Waals surface area (Å²) >= 11 is 0. The fraction of sp³-hybridized carbons (Fsp3) is 0.650. The van der Waals surface area contributed by atoms with Crippen LogP contribution in [0.25, 0.3) is 0 Å². The maximum Gasteiger partial charge on any atom is 0.416 e. The van der Waals surface area contributed by atoms with Gasteiger partial charge in [-0.2, -0.15) is 13.2 Å². The van der Waals surface area contributed by atoms with E-state index in [0.29, 0.717) is 18.4 Å². The summed E-state index contributed by atoms with van der Waals surface area (Å²) in [5.74, 6) is 1.13. The zero-order valence-electron chi connectivity index (χ0n) is 17.4. The highest BCUT2D eigenvalue weighted by Gasteiger charge is 2.29. The Morgan fingerprint density at radius 3 is 2.17 bits per heavy atom. The van der Waals surface area contributed by atoms with E-state index in [2.05, 4.69) is 39.3 Å². The molecule has 1 saturated heterocycles. The fourth-order valence-electron chi connectivity index (χ4n) is 3.28. The molecule has 1 atom stereocenters. The van der Waals surface area contributed by atoms with Crippen molar-refractivity contribution in [2.24, 2.45) is 10.9 Å². The molecule has 1 aliphatic heterocycles. The van der Waals surface area contributed by atoms with E-state index in [-0.39, 0.29) is 24.0 Å². The third-order valence-corrected chi connectivity index (χ3v) is 5.06. The third-order valence-electron chi connectivity index (χ3n) is 5.06. The molecule has 5 nitrogen and oxygen atoms in total. The molecule has 2 N–H and O–H groups in total. The SMILES string of the molecule is CCN1CCN(CC(C)CNC(=NC)NCc2ccc(C(F)(F)F)cc2)CC1.I. The van der Waals surface area contributed by atoms with Crippen LogP contribution in [0.4, 0.5) is 13.2 Å². The van der Waals surface area contributed by atoms with Gasteiger partial charge in [0.15, 0.2) is 5.96 Å². The van der Waals surface area contributed by atoms with E-state index in [1.807, 2.05) is 0 Å². The summed E-state index contributed by atoms with van der Waals surface area (Å²) in [7, 11) is 1.69. The molecule has 1 fully saturated rings. The summed E-state index contributed by atoms with van der Waals surface area (Å²) in [6.45, 7) is 12.3. The van der Waals surface area contributed by atoms with Crippen molar-refractivity contribution in [2.75, 3.05) is 52.9 Å². The standard InChI is InChI=1S/C20H32F3N5.HI/c1-4-27-9-11-28(12-10-27)15-16(2)13-25-19(24-3)26-14-17-5-7-18(8-6-17)20(21,22)23;/h5-8,16H,4,9-15H2,1-3H3,(H2,24,25,26);1H. The number of hydrogen-bond donors (Lipinski definition) is 2. The molecule has 0 spiro atoms. The zero-order chi connectivity index (χ0) is 20.6. The molecule has 0 aromatic heterocycles. The Morgan fingerprint density at radius 1 is 1.07 bits per heavy atom. The van der Waals surface area contributed by atoms with Crippen molar-refractivity contribution in [3.05, 3.63) is 35.4 Å². The van der Waals surface area contributed by atoms with Crippen LogP contribution in [0.15, 0.2) is 29.3 Å². The molecule has 9 heteroatoms. The molecular weight excluding hydrogens is 494 g/mol. The summed E-state index contributed by atoms with van der Waals surface area (Å²) < 4.78 is 37.9. The molecule has 0 saturated carbocycles. The Morgan fingerprint density at radius 2 is 1.66 bits per heavy atom. The van der Waals surface area contributed by atoms with E-state index >= 15 is 0 Å². The molecule has 0 radical (unpaired) electrons. The van der Waals surface area contributed by atoms with Crippen LogP contribution in [0.2, 0.25) is 0 Å². The maximum atomic E-state index is 12.6. The average Bonchev–Trinajstić information content (AvgIpc) is 2.68. The first kappa shape index (κ1) is 26.0. The lowest BCUT2D eigenvalue weighted by Gasteiger charge is -2.35. The van der Waals surface area contributed by atoms with Crippen LogP contribution in [0.5, 0.6) is 0 Å². The number of guanidine groups is 1. The van der Waals surface area contributed by atoms with Gasteiger partial charge in [0.05, 0.1) is 5.56 Å². The predicted octanol–water partition coefficient (Wildman–Crippen LogP) is 3.26. The first-order valence-electron chi connectivity index (χ1n) is 9.87. The molecule has 0 aliphatic carbocycles. The van der Waals surface area contributed by atoms with Gasteiger partial charge in [0.1, 0.15) is 0 Å². The smallest absolute Gasteiger partial charge is 0.356 e. The van der Waals surface area contributed by atoms with Gasteiger partial charge in [0.25, 0.3) is 0 Å². The quantitative estimate of drug-likeness (QED) is 0.325. The Bertz CT molecular complexity index is 614. The Balaban J connectivity index is 0.00000420. The molecule has 0 amide bonds. The molecule has 1 aromatic rings. The van der Waals surface area contributed by atoms with Crippen molar-refractivity contribution in [2.45, 2.75) is 26.6 Å². The second kappa shape index (κ2) is 12.6. The number of aliphatic imine (C=N–C) groups is 1. The van der Waals surface area contributed by atoms with Crippen molar-refractivity contribution in [1.82, 2.24) is 20.4 Å². The average molecular weight is 527 g/mol. The zero-order valence-corrected chi connectivity index (χ0v) is 19.8. The Kier molecular flexibility index (Phi) is 11.3. The van der Waals surface area contributed by atoms with Crippen LogP contribution >= 0.6 is 24.0 Å². The van der Waals surface area contributed by atoms with E-state index in [1.54, 1.807) is 7.05 Å². The third kappa shape index (κ3) is 9.08. The van der Waals surface area contributed by atoms with E-state index in [0.717, 1.165) is 63.5 Å². The summed E-state index contributed by atoms with van der Waals surface area (Å²) in [6, 6.07) is 5.18. The molecule has 1 aliphatic rings. The van der Waals surface area contributed by atoms with Gasteiger partial charge in [0.2, 0.25) is 0 Å². The molecule has 1 aromatic carbocycles.